The Morgan fingerprint density at radius 2 is 1.96 bits per heavy atom. The number of hydrogen-bond acceptors (Lipinski definition) is 5. The minimum Gasteiger partial charge on any atom is -0.493 e. The van der Waals surface area contributed by atoms with Gasteiger partial charge in [0.1, 0.15) is 0 Å². The maximum Gasteiger partial charge on any atom is 0.266 e. The first kappa shape index (κ1) is 17.5. The topological polar surface area (TPSA) is 67.5 Å². The van der Waals surface area contributed by atoms with Crippen LogP contribution in [0.4, 0.5) is 0 Å². The van der Waals surface area contributed by atoms with E-state index in [-0.39, 0.29) is 5.56 Å². The van der Waals surface area contributed by atoms with Crippen molar-refractivity contribution in [3.05, 3.63) is 52.7 Å². The van der Waals surface area contributed by atoms with E-state index in [1.807, 2.05) is 24.3 Å². The first-order valence-corrected chi connectivity index (χ1v) is 8.76. The van der Waals surface area contributed by atoms with Crippen LogP contribution in [0.15, 0.2) is 41.5 Å². The molecule has 0 bridgehead atoms. The highest BCUT2D eigenvalue weighted by Crippen LogP contribution is 2.27. The molecule has 2 aromatic rings. The maximum absolute atomic E-state index is 11.3. The molecule has 134 valence electrons. The monoisotopic (exact) mass is 343 g/mol. The first-order chi connectivity index (χ1) is 12.2. The SMILES string of the molecule is COc1ccccc1OCC1CCN(CCc2cncc(=O)[nH]2)CC1. The highest BCUT2D eigenvalue weighted by molar-refractivity contribution is 5.39. The molecule has 6 nitrogen and oxygen atoms in total. The van der Waals surface area contributed by atoms with E-state index in [1.165, 1.54) is 6.20 Å². The molecular formula is C19H25N3O3. The number of para-hydroxylation sites is 2. The van der Waals surface area contributed by atoms with E-state index in [0.29, 0.717) is 5.92 Å². The second-order valence-electron chi connectivity index (χ2n) is 6.42. The Hall–Kier alpha value is -2.34. The first-order valence-electron chi connectivity index (χ1n) is 8.76. The molecule has 0 atom stereocenters. The molecule has 1 aromatic carbocycles. The molecule has 0 unspecified atom stereocenters. The van der Waals surface area contributed by atoms with Crippen LogP contribution in [0.1, 0.15) is 18.5 Å². The molecule has 0 aliphatic carbocycles. The summed E-state index contributed by atoms with van der Waals surface area (Å²) in [6.07, 6.45) is 6.11. The number of hydrogen-bond donors (Lipinski definition) is 1. The van der Waals surface area contributed by atoms with Gasteiger partial charge in [-0.3, -0.25) is 9.78 Å². The fourth-order valence-corrected chi connectivity index (χ4v) is 3.15. The normalized spacial score (nSPS) is 15.9. The Balaban J connectivity index is 1.40. The summed E-state index contributed by atoms with van der Waals surface area (Å²) < 4.78 is 11.3. The van der Waals surface area contributed by atoms with Crippen LogP contribution < -0.4 is 15.0 Å². The second kappa shape index (κ2) is 8.67. The molecular weight excluding hydrogens is 318 g/mol. The van der Waals surface area contributed by atoms with Gasteiger partial charge in [-0.25, -0.2) is 0 Å². The number of aromatic amines is 1. The summed E-state index contributed by atoms with van der Waals surface area (Å²) in [6, 6.07) is 7.77. The summed E-state index contributed by atoms with van der Waals surface area (Å²) in [4.78, 5) is 20.5. The molecule has 0 amide bonds. The largest absolute Gasteiger partial charge is 0.493 e. The van der Waals surface area contributed by atoms with Gasteiger partial charge >= 0.3 is 0 Å². The molecule has 0 saturated carbocycles. The summed E-state index contributed by atoms with van der Waals surface area (Å²) in [7, 11) is 1.66. The fraction of sp³-hybridized carbons (Fsp3) is 0.474. The molecule has 1 N–H and O–H groups in total. The Kier molecular flexibility index (Phi) is 6.06. The number of likely N-dealkylation sites (tertiary alicyclic amines) is 1. The van der Waals surface area contributed by atoms with Gasteiger partial charge in [-0.2, -0.15) is 0 Å². The zero-order valence-electron chi connectivity index (χ0n) is 14.6. The van der Waals surface area contributed by atoms with Crippen molar-refractivity contribution in [1.82, 2.24) is 14.9 Å². The van der Waals surface area contributed by atoms with Gasteiger partial charge in [0.25, 0.3) is 5.56 Å². The van der Waals surface area contributed by atoms with Gasteiger partial charge < -0.3 is 19.4 Å². The number of aromatic nitrogens is 2. The van der Waals surface area contributed by atoms with Gasteiger partial charge in [-0.15, -0.1) is 0 Å². The molecule has 1 aromatic heterocycles. The van der Waals surface area contributed by atoms with Crippen LogP contribution in [0.2, 0.25) is 0 Å². The Bertz CT molecular complexity index is 724. The number of ether oxygens (including phenoxy) is 2. The van der Waals surface area contributed by atoms with Crippen LogP contribution in [0.3, 0.4) is 0 Å². The number of piperidine rings is 1. The van der Waals surface area contributed by atoms with Crippen molar-refractivity contribution < 1.29 is 9.47 Å². The number of nitrogens with one attached hydrogen (secondary N) is 1. The third kappa shape index (κ3) is 5.06. The molecule has 1 fully saturated rings. The molecule has 1 aliphatic heterocycles. The summed E-state index contributed by atoms with van der Waals surface area (Å²) in [5.74, 6) is 2.16. The highest BCUT2D eigenvalue weighted by Gasteiger charge is 2.20. The lowest BCUT2D eigenvalue weighted by molar-refractivity contribution is 0.140. The van der Waals surface area contributed by atoms with Crippen molar-refractivity contribution in [2.45, 2.75) is 19.3 Å². The molecule has 25 heavy (non-hydrogen) atoms. The molecule has 0 radical (unpaired) electrons. The number of methoxy groups -OCH3 is 1. The number of rotatable bonds is 7. The van der Waals surface area contributed by atoms with E-state index >= 15 is 0 Å². The van der Waals surface area contributed by atoms with Crippen molar-refractivity contribution in [1.29, 1.82) is 0 Å². The average molecular weight is 343 g/mol. The Morgan fingerprint density at radius 3 is 2.68 bits per heavy atom. The molecule has 2 heterocycles. The molecule has 6 heteroatoms. The average Bonchev–Trinajstić information content (AvgIpc) is 2.66. The number of H-pyrrole nitrogens is 1. The zero-order valence-corrected chi connectivity index (χ0v) is 14.6. The summed E-state index contributed by atoms with van der Waals surface area (Å²) in [5, 5.41) is 0. The fourth-order valence-electron chi connectivity index (χ4n) is 3.15. The van der Waals surface area contributed by atoms with Gasteiger partial charge in [0, 0.05) is 24.9 Å². The predicted octanol–water partition coefficient (Wildman–Crippen LogP) is 2.11. The third-order valence-corrected chi connectivity index (χ3v) is 4.65. The van der Waals surface area contributed by atoms with E-state index in [1.54, 1.807) is 13.3 Å². The lowest BCUT2D eigenvalue weighted by atomic mass is 9.97. The Morgan fingerprint density at radius 1 is 1.20 bits per heavy atom. The van der Waals surface area contributed by atoms with E-state index in [9.17, 15) is 4.79 Å². The van der Waals surface area contributed by atoms with E-state index < -0.39 is 0 Å². The summed E-state index contributed by atoms with van der Waals surface area (Å²) in [6.45, 7) is 3.79. The van der Waals surface area contributed by atoms with Crippen molar-refractivity contribution in [2.75, 3.05) is 33.4 Å². The molecule has 3 rings (SSSR count). The van der Waals surface area contributed by atoms with Crippen LogP contribution in [-0.4, -0.2) is 48.2 Å². The van der Waals surface area contributed by atoms with Crippen molar-refractivity contribution in [2.24, 2.45) is 5.92 Å². The standard InChI is InChI=1S/C19H25N3O3/c1-24-17-4-2-3-5-18(17)25-14-15-6-9-22(10-7-15)11-8-16-12-20-13-19(23)21-16/h2-5,12-13,15H,6-11,14H2,1H3,(H,21,23). The smallest absolute Gasteiger partial charge is 0.266 e. The van der Waals surface area contributed by atoms with Gasteiger partial charge in [0.15, 0.2) is 11.5 Å². The number of benzene rings is 1. The Labute approximate surface area is 147 Å². The lowest BCUT2D eigenvalue weighted by Gasteiger charge is -2.31. The highest BCUT2D eigenvalue weighted by atomic mass is 16.5. The maximum atomic E-state index is 11.3. The van der Waals surface area contributed by atoms with Crippen molar-refractivity contribution in [3.8, 4) is 11.5 Å². The van der Waals surface area contributed by atoms with Crippen molar-refractivity contribution >= 4 is 0 Å². The minimum absolute atomic E-state index is 0.135. The summed E-state index contributed by atoms with van der Waals surface area (Å²) >= 11 is 0. The van der Waals surface area contributed by atoms with Gasteiger partial charge in [0.2, 0.25) is 0 Å². The molecule has 1 saturated heterocycles. The minimum atomic E-state index is -0.135. The van der Waals surface area contributed by atoms with E-state index in [4.69, 9.17) is 9.47 Å². The molecule has 1 aliphatic rings. The molecule has 0 spiro atoms. The van der Waals surface area contributed by atoms with Crippen LogP contribution >= 0.6 is 0 Å². The summed E-state index contributed by atoms with van der Waals surface area (Å²) in [5.41, 5.74) is 0.763. The van der Waals surface area contributed by atoms with Gasteiger partial charge in [-0.05, 0) is 44.0 Å². The van der Waals surface area contributed by atoms with Gasteiger partial charge in [-0.1, -0.05) is 12.1 Å². The van der Waals surface area contributed by atoms with E-state index in [0.717, 1.165) is 62.7 Å². The second-order valence-corrected chi connectivity index (χ2v) is 6.42. The third-order valence-electron chi connectivity index (χ3n) is 4.65. The van der Waals surface area contributed by atoms with E-state index in [2.05, 4.69) is 14.9 Å². The van der Waals surface area contributed by atoms with Crippen LogP contribution in [0.5, 0.6) is 11.5 Å². The number of nitrogens with zero attached hydrogens (tertiary/aromatic N) is 2. The van der Waals surface area contributed by atoms with Crippen LogP contribution in [-0.2, 0) is 6.42 Å². The predicted molar refractivity (Wildman–Crippen MR) is 96.2 cm³/mol. The zero-order chi connectivity index (χ0) is 17.5. The van der Waals surface area contributed by atoms with Gasteiger partial charge in [0.05, 0.1) is 19.9 Å². The van der Waals surface area contributed by atoms with Crippen molar-refractivity contribution in [3.63, 3.8) is 0 Å². The lowest BCUT2D eigenvalue weighted by Crippen LogP contribution is -2.37. The van der Waals surface area contributed by atoms with Crippen LogP contribution in [0.25, 0.3) is 0 Å². The quantitative estimate of drug-likeness (QED) is 0.834. The van der Waals surface area contributed by atoms with Crippen LogP contribution in [0, 0.1) is 5.92 Å².